The maximum absolute atomic E-state index is 12.7. The van der Waals surface area contributed by atoms with Crippen LogP contribution < -0.4 is 19.5 Å². The summed E-state index contributed by atoms with van der Waals surface area (Å²) in [5.74, 6) is 1.44. The predicted octanol–water partition coefficient (Wildman–Crippen LogP) is 1.57. The number of halogens is 1. The molecule has 1 N–H and O–H groups in total. The average Bonchev–Trinajstić information content (AvgIpc) is 2.53. The molecule has 1 saturated heterocycles. The number of piperazine rings is 1. The largest absolute Gasteiger partial charge is 0.493 e. The first-order chi connectivity index (χ1) is 10.1. The highest BCUT2D eigenvalue weighted by Crippen LogP contribution is 2.38. The van der Waals surface area contributed by atoms with Crippen LogP contribution in [-0.4, -0.2) is 57.8 Å². The van der Waals surface area contributed by atoms with Crippen LogP contribution in [0, 0.1) is 0 Å². The first kappa shape index (κ1) is 18.4. The molecule has 0 radical (unpaired) electrons. The van der Waals surface area contributed by atoms with E-state index in [0.717, 1.165) is 13.1 Å². The third kappa shape index (κ3) is 3.56. The molecule has 1 aliphatic heterocycles. The van der Waals surface area contributed by atoms with Crippen LogP contribution in [0.15, 0.2) is 12.1 Å². The minimum Gasteiger partial charge on any atom is -0.493 e. The molecule has 1 fully saturated rings. The predicted molar refractivity (Wildman–Crippen MR) is 86.7 cm³/mol. The van der Waals surface area contributed by atoms with Crippen molar-refractivity contribution < 1.29 is 19.0 Å². The summed E-state index contributed by atoms with van der Waals surface area (Å²) in [6, 6.07) is 3.54. The third-order valence-corrected chi connectivity index (χ3v) is 3.67. The average molecular weight is 331 g/mol. The molecule has 1 aliphatic rings. The van der Waals surface area contributed by atoms with Gasteiger partial charge in [0, 0.05) is 31.2 Å². The van der Waals surface area contributed by atoms with Crippen molar-refractivity contribution >= 4 is 18.3 Å². The summed E-state index contributed by atoms with van der Waals surface area (Å²) in [5.41, 5.74) is 0.540. The number of carbonyl (C=O) groups is 1. The van der Waals surface area contributed by atoms with Crippen molar-refractivity contribution in [2.75, 3.05) is 41.0 Å². The van der Waals surface area contributed by atoms with Crippen LogP contribution in [-0.2, 0) is 0 Å². The minimum atomic E-state index is -0.0248. The van der Waals surface area contributed by atoms with Crippen molar-refractivity contribution in [1.29, 1.82) is 0 Å². The maximum Gasteiger partial charge on any atom is 0.254 e. The van der Waals surface area contributed by atoms with E-state index in [1.54, 1.807) is 33.5 Å². The van der Waals surface area contributed by atoms with Crippen molar-refractivity contribution in [2.24, 2.45) is 0 Å². The maximum atomic E-state index is 12.7. The van der Waals surface area contributed by atoms with Crippen molar-refractivity contribution in [3.05, 3.63) is 17.7 Å². The monoisotopic (exact) mass is 330 g/mol. The molecule has 7 heteroatoms. The van der Waals surface area contributed by atoms with Gasteiger partial charge in [-0.25, -0.2) is 0 Å². The Hall–Kier alpha value is -1.66. The Kier molecular flexibility index (Phi) is 6.77. The Balaban J connectivity index is 0.00000242. The van der Waals surface area contributed by atoms with Crippen LogP contribution in [0.3, 0.4) is 0 Å². The van der Waals surface area contributed by atoms with Crippen LogP contribution in [0.2, 0.25) is 0 Å². The first-order valence-electron chi connectivity index (χ1n) is 6.94. The molecule has 1 aromatic carbocycles. The summed E-state index contributed by atoms with van der Waals surface area (Å²) >= 11 is 0. The molecule has 1 atom stereocenters. The number of nitrogens with zero attached hydrogens (tertiary/aromatic N) is 1. The number of nitrogens with one attached hydrogen (secondary N) is 1. The van der Waals surface area contributed by atoms with Crippen molar-refractivity contribution in [2.45, 2.75) is 13.0 Å². The summed E-state index contributed by atoms with van der Waals surface area (Å²) in [6.45, 7) is 4.33. The molecule has 2 rings (SSSR count). The minimum absolute atomic E-state index is 0. The third-order valence-electron chi connectivity index (χ3n) is 3.67. The van der Waals surface area contributed by atoms with E-state index >= 15 is 0 Å². The summed E-state index contributed by atoms with van der Waals surface area (Å²) in [5, 5.41) is 3.27. The quantitative estimate of drug-likeness (QED) is 0.908. The zero-order chi connectivity index (χ0) is 15.4. The Labute approximate surface area is 137 Å². The lowest BCUT2D eigenvalue weighted by molar-refractivity contribution is 0.0655. The van der Waals surface area contributed by atoms with E-state index in [-0.39, 0.29) is 24.4 Å². The molecular weight excluding hydrogens is 308 g/mol. The van der Waals surface area contributed by atoms with E-state index in [1.165, 1.54) is 0 Å². The normalized spacial score (nSPS) is 17.5. The second kappa shape index (κ2) is 8.10. The van der Waals surface area contributed by atoms with Crippen molar-refractivity contribution in [3.63, 3.8) is 0 Å². The van der Waals surface area contributed by atoms with Crippen LogP contribution in [0.5, 0.6) is 17.2 Å². The number of hydrogen-bond acceptors (Lipinski definition) is 5. The molecule has 22 heavy (non-hydrogen) atoms. The van der Waals surface area contributed by atoms with Gasteiger partial charge in [0.2, 0.25) is 5.75 Å². The van der Waals surface area contributed by atoms with Crippen LogP contribution in [0.25, 0.3) is 0 Å². The van der Waals surface area contributed by atoms with Gasteiger partial charge in [-0.05, 0) is 19.1 Å². The van der Waals surface area contributed by atoms with Crippen LogP contribution >= 0.6 is 12.4 Å². The number of carbonyl (C=O) groups excluding carboxylic acids is 1. The zero-order valence-corrected chi connectivity index (χ0v) is 14.2. The lowest BCUT2D eigenvalue weighted by atomic mass is 10.1. The Morgan fingerprint density at radius 1 is 1.18 bits per heavy atom. The number of methoxy groups -OCH3 is 3. The van der Waals surface area contributed by atoms with Crippen molar-refractivity contribution in [1.82, 2.24) is 10.2 Å². The van der Waals surface area contributed by atoms with Gasteiger partial charge < -0.3 is 24.4 Å². The molecule has 0 spiro atoms. The summed E-state index contributed by atoms with van der Waals surface area (Å²) in [7, 11) is 4.62. The number of rotatable bonds is 4. The first-order valence-corrected chi connectivity index (χ1v) is 6.94. The van der Waals surface area contributed by atoms with Gasteiger partial charge in [-0.3, -0.25) is 4.79 Å². The second-order valence-corrected chi connectivity index (χ2v) is 4.97. The van der Waals surface area contributed by atoms with E-state index in [2.05, 4.69) is 5.32 Å². The SMILES string of the molecule is COc1cc(C(=O)N2CCNC[C@@H]2C)cc(OC)c1OC.Cl. The lowest BCUT2D eigenvalue weighted by Gasteiger charge is -2.34. The molecule has 0 aromatic heterocycles. The topological polar surface area (TPSA) is 60.0 Å². The van der Waals surface area contributed by atoms with E-state index in [1.807, 2.05) is 11.8 Å². The molecular formula is C15H23ClN2O4. The standard InChI is InChI=1S/C15H22N2O4.ClH/c1-10-9-16-5-6-17(10)15(18)11-7-12(19-2)14(21-4)13(8-11)20-3;/h7-8,10,16H,5-6,9H2,1-4H3;1H/t10-;/m0./s1. The van der Waals surface area contributed by atoms with Gasteiger partial charge in [0.05, 0.1) is 21.3 Å². The van der Waals surface area contributed by atoms with E-state index in [4.69, 9.17) is 14.2 Å². The molecule has 124 valence electrons. The molecule has 1 heterocycles. The summed E-state index contributed by atoms with van der Waals surface area (Å²) < 4.78 is 15.9. The highest BCUT2D eigenvalue weighted by molar-refractivity contribution is 5.96. The fourth-order valence-electron chi connectivity index (χ4n) is 2.51. The Bertz CT molecular complexity index is 499. The number of hydrogen-bond donors (Lipinski definition) is 1. The Morgan fingerprint density at radius 2 is 1.77 bits per heavy atom. The van der Waals surface area contributed by atoms with Gasteiger partial charge in [-0.2, -0.15) is 0 Å². The summed E-state index contributed by atoms with van der Waals surface area (Å²) in [6.07, 6.45) is 0. The van der Waals surface area contributed by atoms with E-state index in [0.29, 0.717) is 29.4 Å². The van der Waals surface area contributed by atoms with Crippen LogP contribution in [0.4, 0.5) is 0 Å². The number of benzene rings is 1. The van der Waals surface area contributed by atoms with Crippen LogP contribution in [0.1, 0.15) is 17.3 Å². The van der Waals surface area contributed by atoms with Gasteiger partial charge in [0.1, 0.15) is 0 Å². The molecule has 0 bridgehead atoms. The molecule has 0 saturated carbocycles. The number of ether oxygens (including phenoxy) is 3. The molecule has 1 aromatic rings. The molecule has 0 aliphatic carbocycles. The smallest absolute Gasteiger partial charge is 0.254 e. The molecule has 6 nitrogen and oxygen atoms in total. The summed E-state index contributed by atoms with van der Waals surface area (Å²) in [4.78, 5) is 14.6. The molecule has 0 unspecified atom stereocenters. The second-order valence-electron chi connectivity index (χ2n) is 4.97. The van der Waals surface area contributed by atoms with Gasteiger partial charge >= 0.3 is 0 Å². The number of amides is 1. The van der Waals surface area contributed by atoms with Gasteiger partial charge in [0.15, 0.2) is 11.5 Å². The van der Waals surface area contributed by atoms with Gasteiger partial charge in [-0.1, -0.05) is 0 Å². The fourth-order valence-corrected chi connectivity index (χ4v) is 2.51. The lowest BCUT2D eigenvalue weighted by Crippen LogP contribution is -2.52. The highest BCUT2D eigenvalue weighted by Gasteiger charge is 2.26. The van der Waals surface area contributed by atoms with Crippen molar-refractivity contribution in [3.8, 4) is 17.2 Å². The van der Waals surface area contributed by atoms with Gasteiger partial charge in [-0.15, -0.1) is 12.4 Å². The van der Waals surface area contributed by atoms with E-state index in [9.17, 15) is 4.79 Å². The highest BCUT2D eigenvalue weighted by atomic mass is 35.5. The van der Waals surface area contributed by atoms with E-state index < -0.39 is 0 Å². The molecule has 1 amide bonds. The zero-order valence-electron chi connectivity index (χ0n) is 13.3. The van der Waals surface area contributed by atoms with Gasteiger partial charge in [0.25, 0.3) is 5.91 Å². The fraction of sp³-hybridized carbons (Fsp3) is 0.533. The Morgan fingerprint density at radius 3 is 2.23 bits per heavy atom.